The minimum Gasteiger partial charge on any atom is -0.207 e. The summed E-state index contributed by atoms with van der Waals surface area (Å²) in [6, 6.07) is 5.12. The Morgan fingerprint density at radius 3 is 2.62 bits per heavy atom. The molecule has 1 unspecified atom stereocenters. The summed E-state index contributed by atoms with van der Waals surface area (Å²) in [5, 5.41) is 0. The predicted octanol–water partition coefficient (Wildman–Crippen LogP) is 5.33. The molecule has 0 heterocycles. The lowest BCUT2D eigenvalue weighted by Crippen LogP contribution is -2.05. The molecule has 1 aromatic rings. The molecule has 0 aliphatic heterocycles. The topological polar surface area (TPSA) is 0 Å². The van der Waals surface area contributed by atoms with Gasteiger partial charge in [-0.2, -0.15) is 0 Å². The molecule has 0 aliphatic rings. The zero-order valence-corrected chi connectivity index (χ0v) is 12.8. The summed E-state index contributed by atoms with van der Waals surface area (Å²) in [5.41, 5.74) is 0.794. The molecular weight excluding hydrogens is 335 g/mol. The predicted molar refractivity (Wildman–Crippen MR) is 74.6 cm³/mol. The van der Waals surface area contributed by atoms with Gasteiger partial charge in [0.05, 0.1) is 0 Å². The number of aryl methyl sites for hydroxylation is 1. The van der Waals surface area contributed by atoms with E-state index >= 15 is 0 Å². The van der Waals surface area contributed by atoms with Gasteiger partial charge < -0.3 is 0 Å². The molecule has 0 saturated carbocycles. The first kappa shape index (κ1) is 14.2. The van der Waals surface area contributed by atoms with Gasteiger partial charge in [0, 0.05) is 9.30 Å². The van der Waals surface area contributed by atoms with Crippen molar-refractivity contribution in [3.63, 3.8) is 0 Å². The molecule has 0 aromatic heterocycles. The lowest BCUT2D eigenvalue weighted by Gasteiger charge is -2.12. The van der Waals surface area contributed by atoms with Crippen molar-refractivity contribution in [2.45, 2.75) is 37.9 Å². The van der Waals surface area contributed by atoms with Gasteiger partial charge in [0.25, 0.3) is 0 Å². The average molecular weight is 352 g/mol. The van der Waals surface area contributed by atoms with E-state index in [2.05, 4.69) is 45.7 Å². The van der Waals surface area contributed by atoms with Crippen LogP contribution in [0.4, 0.5) is 4.39 Å². The van der Waals surface area contributed by atoms with Crippen LogP contribution in [0.5, 0.6) is 0 Å². The van der Waals surface area contributed by atoms with Gasteiger partial charge in [-0.3, -0.25) is 0 Å². The molecule has 0 N–H and O–H groups in total. The van der Waals surface area contributed by atoms with E-state index in [1.54, 1.807) is 6.07 Å². The highest BCUT2D eigenvalue weighted by atomic mass is 79.9. The monoisotopic (exact) mass is 350 g/mol. The molecular formula is C13H17Br2F. The molecule has 16 heavy (non-hydrogen) atoms. The van der Waals surface area contributed by atoms with Gasteiger partial charge in [0.1, 0.15) is 5.82 Å². The maximum atomic E-state index is 13.4. The van der Waals surface area contributed by atoms with Crippen LogP contribution >= 0.6 is 31.9 Å². The Morgan fingerprint density at radius 2 is 2.00 bits per heavy atom. The third-order valence-electron chi connectivity index (χ3n) is 2.46. The standard InChI is InChI=1S/C13H17Br2F/c1-9(2)7-11(14)4-3-10-8-12(15)5-6-13(10)16/h5-6,8-9,11H,3-4,7H2,1-2H3. The third-order valence-corrected chi connectivity index (χ3v) is 3.79. The van der Waals surface area contributed by atoms with Crippen molar-refractivity contribution < 1.29 is 4.39 Å². The second-order valence-corrected chi connectivity index (χ2v) is 6.71. The molecule has 0 fully saturated rings. The molecule has 1 atom stereocenters. The zero-order chi connectivity index (χ0) is 12.1. The first-order chi connectivity index (χ1) is 7.49. The van der Waals surface area contributed by atoms with Crippen LogP contribution < -0.4 is 0 Å². The van der Waals surface area contributed by atoms with Crippen LogP contribution in [0.2, 0.25) is 0 Å². The Balaban J connectivity index is 2.51. The first-order valence-corrected chi connectivity index (χ1v) is 7.28. The molecule has 0 saturated heterocycles. The quantitative estimate of drug-likeness (QED) is 0.629. The van der Waals surface area contributed by atoms with Gasteiger partial charge >= 0.3 is 0 Å². The lowest BCUT2D eigenvalue weighted by molar-refractivity contribution is 0.546. The molecule has 0 radical (unpaired) electrons. The Morgan fingerprint density at radius 1 is 1.31 bits per heavy atom. The van der Waals surface area contributed by atoms with Crippen LogP contribution in [0.1, 0.15) is 32.3 Å². The Labute approximate surface area is 114 Å². The van der Waals surface area contributed by atoms with Crippen molar-refractivity contribution in [1.82, 2.24) is 0 Å². The van der Waals surface area contributed by atoms with E-state index in [9.17, 15) is 4.39 Å². The zero-order valence-electron chi connectivity index (χ0n) is 9.64. The van der Waals surface area contributed by atoms with Gasteiger partial charge in [-0.05, 0) is 48.9 Å². The molecule has 0 nitrogen and oxygen atoms in total. The highest BCUT2D eigenvalue weighted by molar-refractivity contribution is 9.10. The summed E-state index contributed by atoms with van der Waals surface area (Å²) in [7, 11) is 0. The van der Waals surface area contributed by atoms with E-state index in [1.165, 1.54) is 6.07 Å². The third kappa shape index (κ3) is 4.96. The molecule has 3 heteroatoms. The van der Waals surface area contributed by atoms with E-state index < -0.39 is 0 Å². The van der Waals surface area contributed by atoms with Gasteiger partial charge in [-0.25, -0.2) is 4.39 Å². The fourth-order valence-corrected chi connectivity index (χ4v) is 3.06. The van der Waals surface area contributed by atoms with Crippen molar-refractivity contribution in [3.05, 3.63) is 34.1 Å². The van der Waals surface area contributed by atoms with Gasteiger partial charge in [0.15, 0.2) is 0 Å². The minimum atomic E-state index is -0.104. The van der Waals surface area contributed by atoms with E-state index in [0.717, 1.165) is 29.3 Å². The van der Waals surface area contributed by atoms with Crippen LogP contribution in [0.25, 0.3) is 0 Å². The van der Waals surface area contributed by atoms with E-state index in [-0.39, 0.29) is 5.82 Å². The number of hydrogen-bond acceptors (Lipinski definition) is 0. The maximum absolute atomic E-state index is 13.4. The normalized spacial score (nSPS) is 13.1. The van der Waals surface area contributed by atoms with Crippen molar-refractivity contribution in [3.8, 4) is 0 Å². The fourth-order valence-electron chi connectivity index (χ4n) is 1.68. The van der Waals surface area contributed by atoms with Gasteiger partial charge in [0.2, 0.25) is 0 Å². The van der Waals surface area contributed by atoms with Crippen molar-refractivity contribution in [2.24, 2.45) is 5.92 Å². The Hall–Kier alpha value is 0.110. The Kier molecular flexibility index (Phi) is 5.98. The molecule has 1 rings (SSSR count). The summed E-state index contributed by atoms with van der Waals surface area (Å²) in [6.45, 7) is 4.40. The van der Waals surface area contributed by atoms with Gasteiger partial charge in [-0.15, -0.1) is 0 Å². The lowest BCUT2D eigenvalue weighted by atomic mass is 10.0. The highest BCUT2D eigenvalue weighted by Gasteiger charge is 2.09. The molecule has 0 bridgehead atoms. The Bertz CT molecular complexity index is 337. The number of benzene rings is 1. The van der Waals surface area contributed by atoms with Crippen LogP contribution in [-0.4, -0.2) is 4.83 Å². The summed E-state index contributed by atoms with van der Waals surface area (Å²) in [6.07, 6.45) is 2.90. The second-order valence-electron chi connectivity index (χ2n) is 4.50. The first-order valence-electron chi connectivity index (χ1n) is 5.57. The SMILES string of the molecule is CC(C)CC(Br)CCc1cc(Br)ccc1F. The summed E-state index contributed by atoms with van der Waals surface area (Å²) in [4.78, 5) is 0.478. The largest absolute Gasteiger partial charge is 0.207 e. The average Bonchev–Trinajstić information content (AvgIpc) is 2.18. The highest BCUT2D eigenvalue weighted by Crippen LogP contribution is 2.21. The van der Waals surface area contributed by atoms with Crippen LogP contribution in [0, 0.1) is 11.7 Å². The van der Waals surface area contributed by atoms with Crippen LogP contribution in [-0.2, 0) is 6.42 Å². The van der Waals surface area contributed by atoms with E-state index in [0.29, 0.717) is 10.7 Å². The fraction of sp³-hybridized carbons (Fsp3) is 0.538. The number of alkyl halides is 1. The molecule has 0 aliphatic carbocycles. The summed E-state index contributed by atoms with van der Waals surface area (Å²) >= 11 is 7.01. The maximum Gasteiger partial charge on any atom is 0.126 e. The number of hydrogen-bond donors (Lipinski definition) is 0. The molecule has 1 aromatic carbocycles. The number of rotatable bonds is 5. The van der Waals surface area contributed by atoms with E-state index in [1.807, 2.05) is 6.07 Å². The minimum absolute atomic E-state index is 0.104. The summed E-state index contributed by atoms with van der Waals surface area (Å²) < 4.78 is 14.4. The molecule has 0 spiro atoms. The van der Waals surface area contributed by atoms with Crippen molar-refractivity contribution in [2.75, 3.05) is 0 Å². The van der Waals surface area contributed by atoms with Crippen molar-refractivity contribution >= 4 is 31.9 Å². The smallest absolute Gasteiger partial charge is 0.126 e. The van der Waals surface area contributed by atoms with Gasteiger partial charge in [-0.1, -0.05) is 45.7 Å². The van der Waals surface area contributed by atoms with E-state index in [4.69, 9.17) is 0 Å². The van der Waals surface area contributed by atoms with Crippen molar-refractivity contribution in [1.29, 1.82) is 0 Å². The van der Waals surface area contributed by atoms with Crippen LogP contribution in [0.3, 0.4) is 0 Å². The number of halogens is 3. The molecule has 90 valence electrons. The second kappa shape index (κ2) is 6.75. The molecule has 0 amide bonds. The van der Waals surface area contributed by atoms with Crippen LogP contribution in [0.15, 0.2) is 22.7 Å². The summed E-state index contributed by atoms with van der Waals surface area (Å²) in [5.74, 6) is 0.573.